The Morgan fingerprint density at radius 3 is 2.42 bits per heavy atom. The number of carbonyl (C=O) groups excluding carboxylic acids is 2. The fourth-order valence-electron chi connectivity index (χ4n) is 3.00. The number of nitrogens with zero attached hydrogens (tertiary/aromatic N) is 1. The number of aliphatic carboxylic acids is 1. The predicted octanol–water partition coefficient (Wildman–Crippen LogP) is 1.56. The van der Waals surface area contributed by atoms with Crippen molar-refractivity contribution in [2.75, 3.05) is 18.1 Å². The van der Waals surface area contributed by atoms with E-state index in [2.05, 4.69) is 0 Å². The van der Waals surface area contributed by atoms with Crippen LogP contribution in [-0.4, -0.2) is 58.3 Å². The summed E-state index contributed by atoms with van der Waals surface area (Å²) in [6.45, 7) is 0.274. The lowest BCUT2D eigenvalue weighted by Gasteiger charge is -2.29. The molecule has 31 heavy (non-hydrogen) atoms. The second kappa shape index (κ2) is 10.5. The molecule has 3 unspecified atom stereocenters. The van der Waals surface area contributed by atoms with Crippen molar-refractivity contribution in [3.63, 3.8) is 0 Å². The number of halogens is 2. The first-order valence-electron chi connectivity index (χ1n) is 9.25. The molecule has 0 bridgehead atoms. The van der Waals surface area contributed by atoms with Gasteiger partial charge in [0.2, 0.25) is 0 Å². The average molecular weight is 453 g/mol. The third-order valence-electron chi connectivity index (χ3n) is 4.68. The van der Waals surface area contributed by atoms with Gasteiger partial charge >= 0.3 is 5.97 Å². The molecular weight excluding hydrogens is 431 g/mol. The molecule has 166 valence electrons. The number of benzene rings is 2. The third kappa shape index (κ3) is 5.65. The molecule has 0 aliphatic heterocycles. The Labute approximate surface area is 182 Å². The second-order valence-corrected chi connectivity index (χ2v) is 7.31. The lowest BCUT2D eigenvalue weighted by molar-refractivity contribution is -0.142. The van der Waals surface area contributed by atoms with Crippen LogP contribution in [0.5, 0.6) is 0 Å². The Morgan fingerprint density at radius 2 is 1.84 bits per heavy atom. The van der Waals surface area contributed by atoms with Crippen molar-refractivity contribution in [2.24, 2.45) is 5.73 Å². The summed E-state index contributed by atoms with van der Waals surface area (Å²) in [5.41, 5.74) is 5.54. The minimum atomic E-state index is -1.95. The fraction of sp³-hybridized carbons (Fsp3) is 0.286. The highest BCUT2D eigenvalue weighted by molar-refractivity contribution is 6.30. The first-order valence-corrected chi connectivity index (χ1v) is 9.63. The molecule has 1 amide bonds. The monoisotopic (exact) mass is 452 g/mol. The van der Waals surface area contributed by atoms with Gasteiger partial charge in [-0.3, -0.25) is 9.59 Å². The largest absolute Gasteiger partial charge is 0.480 e. The number of ketones is 1. The number of amides is 1. The smallest absolute Gasteiger partial charge is 0.330 e. The van der Waals surface area contributed by atoms with E-state index in [1.165, 1.54) is 43.3 Å². The summed E-state index contributed by atoms with van der Waals surface area (Å²) in [5, 5.41) is 28.4. The lowest BCUT2D eigenvalue weighted by atomic mass is 9.90. The van der Waals surface area contributed by atoms with Gasteiger partial charge in [0.05, 0.1) is 24.8 Å². The van der Waals surface area contributed by atoms with Gasteiger partial charge in [0.15, 0.2) is 11.8 Å². The number of rotatable bonds is 9. The van der Waals surface area contributed by atoms with Crippen LogP contribution in [0.4, 0.5) is 10.1 Å². The van der Waals surface area contributed by atoms with Crippen molar-refractivity contribution in [1.82, 2.24) is 0 Å². The molecule has 0 spiro atoms. The van der Waals surface area contributed by atoms with Crippen LogP contribution in [0, 0.1) is 5.82 Å². The standard InChI is InChI=1S/C21H22ClFN2O6/c1-11(19(28)14-4-2-3-5-16(14)23)15-8-12(22)6-7-17(15)25(9-13(27)10-26)20(29)18(24)21(30)31/h2-8,11,13,18,26-27H,9-10,24H2,1H3,(H,30,31). The van der Waals surface area contributed by atoms with Crippen LogP contribution >= 0.6 is 11.6 Å². The van der Waals surface area contributed by atoms with Crippen molar-refractivity contribution in [2.45, 2.75) is 25.0 Å². The van der Waals surface area contributed by atoms with Gasteiger partial charge in [-0.25, -0.2) is 9.18 Å². The molecule has 10 heteroatoms. The zero-order valence-electron chi connectivity index (χ0n) is 16.5. The van der Waals surface area contributed by atoms with Gasteiger partial charge in [0.1, 0.15) is 5.82 Å². The molecule has 0 saturated heterocycles. The van der Waals surface area contributed by atoms with Crippen molar-refractivity contribution in [1.29, 1.82) is 0 Å². The normalized spacial score (nSPS) is 13.9. The molecule has 0 heterocycles. The highest BCUT2D eigenvalue weighted by Gasteiger charge is 2.32. The molecule has 3 atom stereocenters. The second-order valence-electron chi connectivity index (χ2n) is 6.87. The summed E-state index contributed by atoms with van der Waals surface area (Å²) < 4.78 is 14.1. The fourth-order valence-corrected chi connectivity index (χ4v) is 3.18. The summed E-state index contributed by atoms with van der Waals surface area (Å²) in [7, 11) is 0. The van der Waals surface area contributed by atoms with Gasteiger partial charge < -0.3 is 26.0 Å². The summed E-state index contributed by atoms with van der Waals surface area (Å²) in [5.74, 6) is -4.99. The van der Waals surface area contributed by atoms with Crippen LogP contribution in [-0.2, 0) is 9.59 Å². The molecule has 2 aromatic carbocycles. The third-order valence-corrected chi connectivity index (χ3v) is 4.92. The number of aliphatic hydroxyl groups is 2. The first kappa shape index (κ1) is 24.4. The lowest BCUT2D eigenvalue weighted by Crippen LogP contribution is -2.51. The van der Waals surface area contributed by atoms with E-state index >= 15 is 0 Å². The van der Waals surface area contributed by atoms with Crippen molar-refractivity contribution >= 4 is 34.9 Å². The minimum Gasteiger partial charge on any atom is -0.480 e. The Kier molecular flexibility index (Phi) is 8.23. The van der Waals surface area contributed by atoms with Crippen LogP contribution in [0.15, 0.2) is 42.5 Å². The molecule has 0 fully saturated rings. The van der Waals surface area contributed by atoms with Gasteiger partial charge in [-0.15, -0.1) is 0 Å². The Hall–Kier alpha value is -2.85. The molecule has 5 N–H and O–H groups in total. The topological polar surface area (TPSA) is 141 Å². The van der Waals surface area contributed by atoms with E-state index in [9.17, 15) is 29.0 Å². The van der Waals surface area contributed by atoms with Gasteiger partial charge in [0.25, 0.3) is 5.91 Å². The summed E-state index contributed by atoms with van der Waals surface area (Å²) >= 11 is 6.08. The SMILES string of the molecule is CC(C(=O)c1ccccc1F)c1cc(Cl)ccc1N(CC(O)CO)C(=O)C(N)C(=O)O. The van der Waals surface area contributed by atoms with Crippen LogP contribution in [0.3, 0.4) is 0 Å². The number of carboxylic acids is 1. The van der Waals surface area contributed by atoms with E-state index < -0.39 is 54.7 Å². The van der Waals surface area contributed by atoms with E-state index in [-0.39, 0.29) is 21.8 Å². The van der Waals surface area contributed by atoms with E-state index in [1.54, 1.807) is 0 Å². The van der Waals surface area contributed by atoms with E-state index in [1.807, 2.05) is 0 Å². The molecule has 0 aliphatic rings. The molecule has 0 aromatic heterocycles. The number of anilines is 1. The molecule has 2 rings (SSSR count). The Balaban J connectivity index is 2.58. The molecular formula is C21H22ClFN2O6. The molecule has 0 aliphatic carbocycles. The van der Waals surface area contributed by atoms with Crippen molar-refractivity contribution in [3.8, 4) is 0 Å². The van der Waals surface area contributed by atoms with Crippen molar-refractivity contribution < 1.29 is 34.1 Å². The maximum atomic E-state index is 14.1. The van der Waals surface area contributed by atoms with Gasteiger partial charge in [-0.1, -0.05) is 30.7 Å². The van der Waals surface area contributed by atoms with Crippen LogP contribution in [0.1, 0.15) is 28.8 Å². The number of carbonyl (C=O) groups is 3. The van der Waals surface area contributed by atoms with Gasteiger partial charge in [-0.2, -0.15) is 0 Å². The average Bonchev–Trinajstić information content (AvgIpc) is 2.75. The minimum absolute atomic E-state index is 0.0517. The Bertz CT molecular complexity index is 986. The van der Waals surface area contributed by atoms with Crippen LogP contribution in [0.2, 0.25) is 5.02 Å². The number of Topliss-reactive ketones (excluding diaryl/α,β-unsaturated/α-hetero) is 1. The highest BCUT2D eigenvalue weighted by atomic mass is 35.5. The van der Waals surface area contributed by atoms with Crippen molar-refractivity contribution in [3.05, 3.63) is 64.4 Å². The number of hydrogen-bond acceptors (Lipinski definition) is 6. The molecule has 8 nitrogen and oxygen atoms in total. The summed E-state index contributed by atoms with van der Waals surface area (Å²) in [6.07, 6.45) is -1.41. The molecule has 0 radical (unpaired) electrons. The Morgan fingerprint density at radius 1 is 1.19 bits per heavy atom. The van der Waals surface area contributed by atoms with Crippen LogP contribution < -0.4 is 10.6 Å². The zero-order valence-corrected chi connectivity index (χ0v) is 17.3. The van der Waals surface area contributed by atoms with Crippen LogP contribution in [0.25, 0.3) is 0 Å². The van der Waals surface area contributed by atoms with E-state index in [4.69, 9.17) is 22.4 Å². The van der Waals surface area contributed by atoms with Gasteiger partial charge in [0, 0.05) is 16.6 Å². The summed E-state index contributed by atoms with van der Waals surface area (Å²) in [6, 6.07) is 7.59. The van der Waals surface area contributed by atoms with E-state index in [0.717, 1.165) is 11.0 Å². The zero-order chi connectivity index (χ0) is 23.3. The van der Waals surface area contributed by atoms with Gasteiger partial charge in [-0.05, 0) is 35.9 Å². The molecule has 0 saturated carbocycles. The number of carboxylic acid groups (broad SMARTS) is 1. The highest BCUT2D eigenvalue weighted by Crippen LogP contribution is 2.33. The number of nitrogens with two attached hydrogens (primary N) is 1. The quantitative estimate of drug-likeness (QED) is 0.334. The maximum Gasteiger partial charge on any atom is 0.330 e. The van der Waals surface area contributed by atoms with E-state index in [0.29, 0.717) is 0 Å². The summed E-state index contributed by atoms with van der Waals surface area (Å²) in [4.78, 5) is 37.8. The molecule has 2 aromatic rings. The predicted molar refractivity (Wildman–Crippen MR) is 112 cm³/mol. The maximum absolute atomic E-state index is 14.1. The number of hydrogen-bond donors (Lipinski definition) is 4. The number of aliphatic hydroxyl groups excluding tert-OH is 2. The first-order chi connectivity index (χ1) is 14.6.